The Hall–Kier alpha value is -2.45. The maximum atomic E-state index is 11.6. The van der Waals surface area contributed by atoms with E-state index in [1.54, 1.807) is 7.11 Å². The van der Waals surface area contributed by atoms with Crippen LogP contribution in [-0.4, -0.2) is 42.3 Å². The van der Waals surface area contributed by atoms with Gasteiger partial charge >= 0.3 is 26.7 Å². The van der Waals surface area contributed by atoms with Crippen LogP contribution in [0.25, 0.3) is 0 Å². The molecule has 0 spiro atoms. The predicted octanol–water partition coefficient (Wildman–Crippen LogP) is -0.700. The summed E-state index contributed by atoms with van der Waals surface area (Å²) in [6.45, 7) is 0.325. The molecule has 2 amide bonds. The van der Waals surface area contributed by atoms with Gasteiger partial charge in [0.15, 0.2) is 17.3 Å². The molecule has 2 aromatic rings. The lowest BCUT2D eigenvalue weighted by Gasteiger charge is -2.13. The van der Waals surface area contributed by atoms with Gasteiger partial charge in [-0.3, -0.25) is 14.5 Å². The first kappa shape index (κ1) is 24.8. The molecule has 1 aliphatic heterocycles. The number of carbonyl (C=O) groups is 2. The quantitative estimate of drug-likeness (QED) is 0.204. The van der Waals surface area contributed by atoms with Gasteiger partial charge in [0.2, 0.25) is 0 Å². The first-order chi connectivity index (χ1) is 14.4. The van der Waals surface area contributed by atoms with E-state index in [2.05, 4.69) is 24.3 Å². The van der Waals surface area contributed by atoms with Gasteiger partial charge in [-0.2, -0.15) is 13.2 Å². The molecule has 166 valence electrons. The summed E-state index contributed by atoms with van der Waals surface area (Å²) in [5, 5.41) is 0. The average molecular weight is 569 g/mol. The Morgan fingerprint density at radius 1 is 0.935 bits per heavy atom. The Kier molecular flexibility index (Phi) is 8.20. The Labute approximate surface area is 186 Å². The van der Waals surface area contributed by atoms with Crippen molar-refractivity contribution < 1.29 is 61.7 Å². The molecule has 0 saturated carbocycles. The highest BCUT2D eigenvalue weighted by Crippen LogP contribution is 2.20. The van der Waals surface area contributed by atoms with Crippen LogP contribution in [0.5, 0.6) is 5.75 Å². The van der Waals surface area contributed by atoms with E-state index in [4.69, 9.17) is 17.7 Å². The molecule has 0 saturated heterocycles. The lowest BCUT2D eigenvalue weighted by atomic mass is 10.2. The molecule has 0 aliphatic carbocycles. The first-order valence-electron chi connectivity index (χ1n) is 8.34. The molecule has 1 heterocycles. The van der Waals surface area contributed by atoms with Crippen LogP contribution in [-0.2, 0) is 26.3 Å². The molecule has 0 N–H and O–H groups in total. The number of rotatable bonds is 5. The fourth-order valence-electron chi connectivity index (χ4n) is 2.18. The Balaban J connectivity index is 0.000000366. The summed E-state index contributed by atoms with van der Waals surface area (Å²) in [4.78, 5) is 24.4. The van der Waals surface area contributed by atoms with Crippen molar-refractivity contribution in [1.29, 1.82) is 0 Å². The predicted molar refractivity (Wildman–Crippen MR) is 97.3 cm³/mol. The Bertz CT molecular complexity index is 1050. The van der Waals surface area contributed by atoms with E-state index in [1.807, 2.05) is 24.3 Å². The minimum Gasteiger partial charge on any atom is -0.741 e. The van der Waals surface area contributed by atoms with Gasteiger partial charge in [-0.25, -0.2) is 8.42 Å². The SMILES string of the molecule is COc1ccc([I+]c2ccc(CN3C(=O)C=CC3=O)cc2)cc1.O=S(=O)([O-])C(F)(F)F. The number of carbonyl (C=O) groups excluding carboxylic acids is 2. The van der Waals surface area contributed by atoms with Gasteiger partial charge in [-0.05, 0) is 42.0 Å². The maximum Gasteiger partial charge on any atom is 0.485 e. The van der Waals surface area contributed by atoms with E-state index < -0.39 is 15.6 Å². The number of methoxy groups -OCH3 is 1. The summed E-state index contributed by atoms with van der Waals surface area (Å²) in [5.74, 6) is 0.371. The molecule has 0 bridgehead atoms. The molecule has 7 nitrogen and oxygen atoms in total. The zero-order valence-corrected chi connectivity index (χ0v) is 18.8. The molecule has 2 aromatic carbocycles. The van der Waals surface area contributed by atoms with Crippen LogP contribution < -0.4 is 25.9 Å². The molecule has 3 rings (SSSR count). The lowest BCUT2D eigenvalue weighted by Crippen LogP contribution is -3.61. The highest BCUT2D eigenvalue weighted by Gasteiger charge is 2.36. The summed E-state index contributed by atoms with van der Waals surface area (Å²) < 4.78 is 66.7. The molecule has 0 unspecified atom stereocenters. The van der Waals surface area contributed by atoms with E-state index in [1.165, 1.54) is 24.2 Å². The minimum absolute atomic E-state index is 0.246. The number of alkyl halides is 3. The van der Waals surface area contributed by atoms with Crippen LogP contribution in [0.2, 0.25) is 0 Å². The largest absolute Gasteiger partial charge is 0.741 e. The third-order valence-electron chi connectivity index (χ3n) is 3.71. The summed E-state index contributed by atoms with van der Waals surface area (Å²) in [6.07, 6.45) is 2.62. The topological polar surface area (TPSA) is 104 Å². The van der Waals surface area contributed by atoms with Gasteiger partial charge < -0.3 is 9.29 Å². The number of benzene rings is 2. The van der Waals surface area contributed by atoms with Crippen molar-refractivity contribution in [2.45, 2.75) is 12.1 Å². The number of hydrogen-bond donors (Lipinski definition) is 0. The molecule has 0 aromatic heterocycles. The molecular formula is C19H15F3INO6S. The highest BCUT2D eigenvalue weighted by molar-refractivity contribution is 7.86. The highest BCUT2D eigenvalue weighted by atomic mass is 127. The lowest BCUT2D eigenvalue weighted by molar-refractivity contribution is -0.597. The smallest absolute Gasteiger partial charge is 0.485 e. The molecule has 12 heteroatoms. The second kappa shape index (κ2) is 10.2. The van der Waals surface area contributed by atoms with Crippen LogP contribution in [0.15, 0.2) is 60.7 Å². The third-order valence-corrected chi connectivity index (χ3v) is 6.96. The molecule has 0 atom stereocenters. The molecular weight excluding hydrogens is 554 g/mol. The zero-order valence-electron chi connectivity index (χ0n) is 15.8. The van der Waals surface area contributed by atoms with Crippen molar-refractivity contribution in [2.24, 2.45) is 0 Å². The Morgan fingerprint density at radius 2 is 1.35 bits per heavy atom. The van der Waals surface area contributed by atoms with Crippen LogP contribution in [0.3, 0.4) is 0 Å². The maximum absolute atomic E-state index is 11.6. The van der Waals surface area contributed by atoms with E-state index >= 15 is 0 Å². The normalized spacial score (nSPS) is 13.8. The van der Waals surface area contributed by atoms with E-state index in [9.17, 15) is 22.8 Å². The van der Waals surface area contributed by atoms with Crippen LogP contribution >= 0.6 is 0 Å². The van der Waals surface area contributed by atoms with Crippen molar-refractivity contribution in [3.8, 4) is 5.75 Å². The number of hydrogen-bond acceptors (Lipinski definition) is 6. The summed E-state index contributed by atoms with van der Waals surface area (Å²) >= 11 is -0.252. The van der Waals surface area contributed by atoms with Crippen LogP contribution in [0.4, 0.5) is 13.2 Å². The van der Waals surface area contributed by atoms with E-state index in [0.717, 1.165) is 11.3 Å². The van der Waals surface area contributed by atoms with Gasteiger partial charge in [-0.1, -0.05) is 12.1 Å². The zero-order chi connectivity index (χ0) is 23.2. The molecule has 0 fully saturated rings. The molecule has 31 heavy (non-hydrogen) atoms. The van der Waals surface area contributed by atoms with E-state index in [0.29, 0.717) is 6.54 Å². The summed E-state index contributed by atoms with van der Waals surface area (Å²) in [5.41, 5.74) is -4.69. The van der Waals surface area contributed by atoms with Crippen molar-refractivity contribution in [2.75, 3.05) is 7.11 Å². The number of halogens is 4. The average Bonchev–Trinajstić information content (AvgIpc) is 3.01. The van der Waals surface area contributed by atoms with Crippen molar-refractivity contribution in [3.05, 3.63) is 73.4 Å². The fraction of sp³-hybridized carbons (Fsp3) is 0.158. The van der Waals surface area contributed by atoms with Gasteiger partial charge in [-0.15, -0.1) is 0 Å². The monoisotopic (exact) mass is 569 g/mol. The third kappa shape index (κ3) is 7.33. The van der Waals surface area contributed by atoms with Gasteiger partial charge in [0, 0.05) is 12.2 Å². The standard InChI is InChI=1S/C18H15INO3.CHF3O3S/c1-23-16-8-6-15(7-9-16)19-14-4-2-13(3-5-14)12-20-17(21)10-11-18(20)22;2-1(3,4)8(5,6)7/h2-11H,12H2,1H3;(H,5,6,7)/q+1;/p-1. The fourth-order valence-corrected chi connectivity index (χ4v) is 4.34. The summed E-state index contributed by atoms with van der Waals surface area (Å²) in [7, 11) is -4.43. The van der Waals surface area contributed by atoms with E-state index in [-0.39, 0.29) is 33.0 Å². The van der Waals surface area contributed by atoms with Crippen LogP contribution in [0.1, 0.15) is 5.56 Å². The number of ether oxygens (including phenoxy) is 1. The number of amides is 2. The van der Waals surface area contributed by atoms with Gasteiger partial charge in [0.25, 0.3) is 11.8 Å². The Morgan fingerprint density at radius 3 is 1.74 bits per heavy atom. The summed E-state index contributed by atoms with van der Waals surface area (Å²) in [6, 6.07) is 16.2. The first-order valence-corrected chi connectivity index (χ1v) is 11.9. The molecule has 0 radical (unpaired) electrons. The van der Waals surface area contributed by atoms with Crippen molar-refractivity contribution in [1.82, 2.24) is 4.90 Å². The van der Waals surface area contributed by atoms with Crippen molar-refractivity contribution in [3.63, 3.8) is 0 Å². The van der Waals surface area contributed by atoms with Crippen LogP contribution in [0, 0.1) is 7.14 Å². The second-order valence-electron chi connectivity index (χ2n) is 5.87. The van der Waals surface area contributed by atoms with Gasteiger partial charge in [0.1, 0.15) is 5.75 Å². The number of imide groups is 1. The van der Waals surface area contributed by atoms with Gasteiger partial charge in [0.05, 0.1) is 13.7 Å². The second-order valence-corrected chi connectivity index (χ2v) is 10.3. The number of nitrogens with zero attached hydrogens (tertiary/aromatic N) is 1. The minimum atomic E-state index is -6.09. The van der Waals surface area contributed by atoms with Crippen molar-refractivity contribution >= 4 is 21.9 Å². The molecule has 1 aliphatic rings.